The fourth-order valence-electron chi connectivity index (χ4n) is 2.79. The third kappa shape index (κ3) is 2.02. The number of carbonyl (C=O) groups excluding carboxylic acids is 1. The number of rotatable bonds is 2. The van der Waals surface area contributed by atoms with E-state index in [0.717, 1.165) is 11.3 Å². The second-order valence-corrected chi connectivity index (χ2v) is 6.12. The van der Waals surface area contributed by atoms with E-state index in [-0.39, 0.29) is 11.2 Å². The Morgan fingerprint density at radius 2 is 1.80 bits per heavy atom. The number of nitrogens with one attached hydrogen (secondary N) is 1. The van der Waals surface area contributed by atoms with Crippen molar-refractivity contribution in [3.63, 3.8) is 0 Å². The number of benzene rings is 2. The molecule has 1 heterocycles. The summed E-state index contributed by atoms with van der Waals surface area (Å²) < 4.78 is 0. The van der Waals surface area contributed by atoms with Gasteiger partial charge in [-0.15, -0.1) is 11.8 Å². The van der Waals surface area contributed by atoms with Crippen LogP contribution in [0.4, 0.5) is 5.69 Å². The molecule has 2 aromatic rings. The molecule has 0 fully saturated rings. The Balaban J connectivity index is 2.16. The Bertz CT molecular complexity index is 693. The molecule has 3 rings (SSSR count). The molecule has 0 aromatic heterocycles. The van der Waals surface area contributed by atoms with E-state index < -0.39 is 0 Å². The van der Waals surface area contributed by atoms with E-state index in [4.69, 9.17) is 0 Å². The minimum atomic E-state index is -0.0744. The molecule has 20 heavy (non-hydrogen) atoms. The number of amides is 1. The van der Waals surface area contributed by atoms with E-state index in [2.05, 4.69) is 49.5 Å². The van der Waals surface area contributed by atoms with Crippen LogP contribution in [0.5, 0.6) is 0 Å². The van der Waals surface area contributed by atoms with E-state index in [1.165, 1.54) is 22.3 Å². The van der Waals surface area contributed by atoms with E-state index in [1.807, 2.05) is 12.3 Å². The summed E-state index contributed by atoms with van der Waals surface area (Å²) in [6, 6.07) is 12.6. The first kappa shape index (κ1) is 13.3. The van der Waals surface area contributed by atoms with Gasteiger partial charge in [0.15, 0.2) is 0 Å². The second-order valence-electron chi connectivity index (χ2n) is 5.17. The van der Waals surface area contributed by atoms with Crippen molar-refractivity contribution in [3.8, 4) is 11.1 Å². The van der Waals surface area contributed by atoms with Gasteiger partial charge >= 0.3 is 0 Å². The quantitative estimate of drug-likeness (QED) is 0.889. The summed E-state index contributed by atoms with van der Waals surface area (Å²) in [5.74, 6) is 0.0915. The van der Waals surface area contributed by atoms with Crippen molar-refractivity contribution < 1.29 is 4.79 Å². The number of anilines is 1. The molecular weight excluding hydrogens is 266 g/mol. The van der Waals surface area contributed by atoms with Crippen LogP contribution >= 0.6 is 11.8 Å². The highest BCUT2D eigenvalue weighted by molar-refractivity contribution is 7.99. The van der Waals surface area contributed by atoms with Gasteiger partial charge in [0.2, 0.25) is 5.91 Å². The smallest absolute Gasteiger partial charge is 0.242 e. The van der Waals surface area contributed by atoms with E-state index in [1.54, 1.807) is 11.8 Å². The molecule has 1 unspecified atom stereocenters. The molecule has 1 aliphatic heterocycles. The highest BCUT2D eigenvalue weighted by Crippen LogP contribution is 2.42. The Kier molecular flexibility index (Phi) is 3.30. The zero-order valence-electron chi connectivity index (χ0n) is 11.9. The Morgan fingerprint density at radius 1 is 1.05 bits per heavy atom. The van der Waals surface area contributed by atoms with Crippen LogP contribution in [-0.2, 0) is 4.79 Å². The molecule has 0 saturated heterocycles. The van der Waals surface area contributed by atoms with Crippen LogP contribution in [0.25, 0.3) is 11.1 Å². The first-order valence-corrected chi connectivity index (χ1v) is 7.95. The van der Waals surface area contributed by atoms with Crippen molar-refractivity contribution in [1.29, 1.82) is 0 Å². The molecule has 0 saturated carbocycles. The molecule has 1 amide bonds. The molecule has 0 radical (unpaired) electrons. The Labute approximate surface area is 123 Å². The molecule has 0 bridgehead atoms. The number of hydrogen-bond acceptors (Lipinski definition) is 2. The van der Waals surface area contributed by atoms with Crippen LogP contribution in [0.15, 0.2) is 36.4 Å². The maximum atomic E-state index is 12.0. The summed E-state index contributed by atoms with van der Waals surface area (Å²) in [4.78, 5) is 12.0. The fourth-order valence-corrected chi connectivity index (χ4v) is 3.52. The van der Waals surface area contributed by atoms with E-state index in [0.29, 0.717) is 0 Å². The van der Waals surface area contributed by atoms with Gasteiger partial charge in [0, 0.05) is 5.69 Å². The van der Waals surface area contributed by atoms with Crippen molar-refractivity contribution in [2.45, 2.75) is 19.1 Å². The van der Waals surface area contributed by atoms with Crippen LogP contribution in [0.1, 0.15) is 21.9 Å². The monoisotopic (exact) mass is 283 g/mol. The van der Waals surface area contributed by atoms with Gasteiger partial charge in [0.25, 0.3) is 0 Å². The molecule has 2 nitrogen and oxygen atoms in total. The third-order valence-corrected chi connectivity index (χ3v) is 4.79. The lowest BCUT2D eigenvalue weighted by atomic mass is 9.94. The Hall–Kier alpha value is -1.74. The summed E-state index contributed by atoms with van der Waals surface area (Å²) in [6.07, 6.45) is 1.98. The molecule has 0 aliphatic carbocycles. The van der Waals surface area contributed by atoms with Crippen molar-refractivity contribution in [3.05, 3.63) is 53.1 Å². The van der Waals surface area contributed by atoms with Crippen LogP contribution in [0.2, 0.25) is 0 Å². The molecule has 1 atom stereocenters. The molecule has 0 spiro atoms. The van der Waals surface area contributed by atoms with Crippen molar-refractivity contribution in [1.82, 2.24) is 0 Å². The Morgan fingerprint density at radius 3 is 2.50 bits per heavy atom. The average molecular weight is 283 g/mol. The lowest BCUT2D eigenvalue weighted by Crippen LogP contribution is -2.08. The SMILES string of the molecule is CSC1C(=O)Nc2cc(-c3ccccc3C)c(C)cc21. The molecule has 1 N–H and O–H groups in total. The minimum absolute atomic E-state index is 0.0744. The second kappa shape index (κ2) is 4.98. The van der Waals surface area contributed by atoms with Gasteiger partial charge in [-0.05, 0) is 54.0 Å². The molecule has 3 heteroatoms. The average Bonchev–Trinajstić information content (AvgIpc) is 2.73. The topological polar surface area (TPSA) is 29.1 Å². The first-order chi connectivity index (χ1) is 9.61. The molecule has 1 aliphatic rings. The lowest BCUT2D eigenvalue weighted by Gasteiger charge is -2.12. The number of carbonyl (C=O) groups is 1. The summed E-state index contributed by atoms with van der Waals surface area (Å²) in [5, 5.41) is 2.92. The van der Waals surface area contributed by atoms with Gasteiger partial charge in [0.1, 0.15) is 5.25 Å². The fraction of sp³-hybridized carbons (Fsp3) is 0.235. The van der Waals surface area contributed by atoms with Crippen molar-refractivity contribution in [2.75, 3.05) is 11.6 Å². The van der Waals surface area contributed by atoms with E-state index >= 15 is 0 Å². The minimum Gasteiger partial charge on any atom is -0.324 e. The summed E-state index contributed by atoms with van der Waals surface area (Å²) in [6.45, 7) is 4.23. The van der Waals surface area contributed by atoms with Gasteiger partial charge in [0.05, 0.1) is 0 Å². The highest BCUT2D eigenvalue weighted by atomic mass is 32.2. The van der Waals surface area contributed by atoms with Crippen molar-refractivity contribution in [2.24, 2.45) is 0 Å². The number of thioether (sulfide) groups is 1. The van der Waals surface area contributed by atoms with Crippen LogP contribution in [0.3, 0.4) is 0 Å². The van der Waals surface area contributed by atoms with Gasteiger partial charge in [-0.3, -0.25) is 4.79 Å². The first-order valence-electron chi connectivity index (χ1n) is 6.66. The van der Waals surface area contributed by atoms with Crippen LogP contribution in [0, 0.1) is 13.8 Å². The highest BCUT2D eigenvalue weighted by Gasteiger charge is 2.30. The standard InChI is InChI=1S/C17H17NOS/c1-10-6-4-5-7-12(10)13-9-15-14(8-11(13)2)16(20-3)17(19)18-15/h4-9,16H,1-3H3,(H,18,19). The largest absolute Gasteiger partial charge is 0.324 e. The zero-order valence-corrected chi connectivity index (χ0v) is 12.7. The van der Waals surface area contributed by atoms with Crippen LogP contribution < -0.4 is 5.32 Å². The molecule has 102 valence electrons. The molecular formula is C17H17NOS. The summed E-state index contributed by atoms with van der Waals surface area (Å²) in [7, 11) is 0. The number of fused-ring (bicyclic) bond motifs is 1. The summed E-state index contributed by atoms with van der Waals surface area (Å²) >= 11 is 1.58. The molecule has 2 aromatic carbocycles. The predicted molar refractivity (Wildman–Crippen MR) is 86.2 cm³/mol. The number of aryl methyl sites for hydroxylation is 2. The maximum absolute atomic E-state index is 12.0. The van der Waals surface area contributed by atoms with E-state index in [9.17, 15) is 4.79 Å². The maximum Gasteiger partial charge on any atom is 0.242 e. The zero-order chi connectivity index (χ0) is 14.3. The predicted octanol–water partition coefficient (Wildman–Crippen LogP) is 4.33. The van der Waals surface area contributed by atoms with Gasteiger partial charge in [-0.25, -0.2) is 0 Å². The van der Waals surface area contributed by atoms with Crippen molar-refractivity contribution >= 4 is 23.4 Å². The lowest BCUT2D eigenvalue weighted by molar-refractivity contribution is -0.115. The summed E-state index contributed by atoms with van der Waals surface area (Å²) in [5.41, 5.74) is 6.96. The van der Waals surface area contributed by atoms with Gasteiger partial charge in [-0.1, -0.05) is 30.3 Å². The van der Waals surface area contributed by atoms with Crippen LogP contribution in [-0.4, -0.2) is 12.2 Å². The van der Waals surface area contributed by atoms with Gasteiger partial charge in [-0.2, -0.15) is 0 Å². The number of hydrogen-bond donors (Lipinski definition) is 1. The van der Waals surface area contributed by atoms with Gasteiger partial charge < -0.3 is 5.32 Å². The normalized spacial score (nSPS) is 16.9. The third-order valence-electron chi connectivity index (χ3n) is 3.85.